The van der Waals surface area contributed by atoms with E-state index in [1.165, 1.54) is 89.9 Å². The Morgan fingerprint density at radius 3 is 1.47 bits per heavy atom. The molecule has 0 aromatic carbocycles. The molecule has 185 valence electrons. The molecular weight excluding hydrogens is 432 g/mol. The molecule has 3 saturated carbocycles. The quantitative estimate of drug-likeness (QED) is 0.282. The van der Waals surface area contributed by atoms with E-state index in [1.54, 1.807) is 0 Å². The van der Waals surface area contributed by atoms with Gasteiger partial charge in [-0.1, -0.05) is 58.3 Å². The lowest BCUT2D eigenvalue weighted by atomic mass is 9.99. The first-order valence-electron chi connectivity index (χ1n) is 13.9. The van der Waals surface area contributed by atoms with Crippen molar-refractivity contribution in [2.75, 3.05) is 13.2 Å². The Bertz CT molecular complexity index is 544. The minimum atomic E-state index is -2.29. The van der Waals surface area contributed by atoms with Crippen LogP contribution in [0.5, 0.6) is 0 Å². The van der Waals surface area contributed by atoms with Crippen LogP contribution in [0.1, 0.15) is 124 Å². The summed E-state index contributed by atoms with van der Waals surface area (Å²) in [5.74, 6) is 0.0329. The van der Waals surface area contributed by atoms with E-state index in [9.17, 15) is 4.79 Å². The van der Waals surface area contributed by atoms with E-state index in [0.29, 0.717) is 29.8 Å². The molecule has 1 radical (unpaired) electrons. The summed E-state index contributed by atoms with van der Waals surface area (Å²) >= 11 is 0. The minimum Gasteiger partial charge on any atom is -0.518 e. The number of carbonyl (C=O) groups excluding carboxylic acids is 1. The highest BCUT2D eigenvalue weighted by molar-refractivity contribution is 6.80. The number of rotatable bonds is 11. The van der Waals surface area contributed by atoms with Gasteiger partial charge in [-0.2, -0.15) is 0 Å². The maximum Gasteiger partial charge on any atom is 0.402 e. The molecule has 3 rings (SSSR count). The van der Waals surface area contributed by atoms with Crippen LogP contribution in [-0.2, 0) is 18.1 Å². The highest BCUT2D eigenvalue weighted by Gasteiger charge is 2.60. The van der Waals surface area contributed by atoms with E-state index in [4.69, 9.17) is 13.3 Å². The highest BCUT2D eigenvalue weighted by Crippen LogP contribution is 2.58. The molecule has 32 heavy (non-hydrogen) atoms. The highest BCUT2D eigenvalue weighted by atomic mass is 28.4. The van der Waals surface area contributed by atoms with Gasteiger partial charge in [-0.05, 0) is 82.3 Å². The summed E-state index contributed by atoms with van der Waals surface area (Å²) < 4.78 is 19.4. The fourth-order valence-electron chi connectivity index (χ4n) is 7.00. The van der Waals surface area contributed by atoms with Gasteiger partial charge < -0.3 is 13.3 Å². The molecule has 6 heteroatoms. The van der Waals surface area contributed by atoms with Gasteiger partial charge in [0, 0.05) is 13.2 Å². The summed E-state index contributed by atoms with van der Waals surface area (Å²) in [4.78, 5) is 14.2. The molecule has 1 atom stereocenters. The van der Waals surface area contributed by atoms with Crippen LogP contribution in [0.2, 0.25) is 21.7 Å². The molecule has 3 aliphatic carbocycles. The monoisotopic (exact) mass is 481 g/mol. The van der Waals surface area contributed by atoms with Crippen LogP contribution in [0, 0.1) is 0 Å². The maximum atomic E-state index is 14.2. The van der Waals surface area contributed by atoms with E-state index in [0.717, 1.165) is 6.42 Å². The lowest BCUT2D eigenvalue weighted by molar-refractivity contribution is -0.140. The smallest absolute Gasteiger partial charge is 0.402 e. The lowest BCUT2D eigenvalue weighted by Gasteiger charge is -2.50. The third-order valence-electron chi connectivity index (χ3n) is 8.91. The van der Waals surface area contributed by atoms with Crippen LogP contribution in [0.4, 0.5) is 0 Å². The van der Waals surface area contributed by atoms with Crippen molar-refractivity contribution >= 4 is 23.6 Å². The van der Waals surface area contributed by atoms with Crippen LogP contribution in [0.15, 0.2) is 0 Å². The first-order chi connectivity index (χ1) is 15.5. The van der Waals surface area contributed by atoms with E-state index >= 15 is 0 Å². The van der Waals surface area contributed by atoms with Crippen LogP contribution >= 0.6 is 0 Å². The summed E-state index contributed by atoms with van der Waals surface area (Å²) in [7, 11) is -4.03. The average Bonchev–Trinajstić information content (AvgIpc) is 3.38. The van der Waals surface area contributed by atoms with Gasteiger partial charge in [0.1, 0.15) is 5.04 Å². The summed E-state index contributed by atoms with van der Waals surface area (Å²) in [6, 6.07) is 0. The number of carbonyl (C=O) groups is 1. The Balaban J connectivity index is 1.98. The standard InChI is InChI=1S/C26H49O4Si2/c1-5-26(4,31(28-6-2)29-7-3)25(27)30-32(24-20-14-15-21-24,22-16-10-8-11-17-22)23-18-12-9-13-19-23/h22-24H,5-21H2,1-4H3. The average molecular weight is 482 g/mol. The topological polar surface area (TPSA) is 44.8 Å². The Hall–Kier alpha value is -0.176. The molecule has 0 aromatic rings. The first kappa shape index (κ1) is 26.4. The summed E-state index contributed by atoms with van der Waals surface area (Å²) in [6.07, 6.45) is 19.2. The van der Waals surface area contributed by atoms with Crippen molar-refractivity contribution in [1.82, 2.24) is 0 Å². The molecule has 0 saturated heterocycles. The van der Waals surface area contributed by atoms with Crippen molar-refractivity contribution in [1.29, 1.82) is 0 Å². The zero-order valence-corrected chi connectivity index (χ0v) is 23.4. The second-order valence-corrected chi connectivity index (χ2v) is 17.4. The van der Waals surface area contributed by atoms with Crippen LogP contribution in [0.25, 0.3) is 0 Å². The molecule has 3 fully saturated rings. The maximum absolute atomic E-state index is 14.2. The van der Waals surface area contributed by atoms with Gasteiger partial charge >= 0.3 is 9.28 Å². The van der Waals surface area contributed by atoms with Crippen LogP contribution in [0.3, 0.4) is 0 Å². The predicted octanol–water partition coefficient (Wildman–Crippen LogP) is 7.82. The molecular formula is C26H49O4Si2. The summed E-state index contributed by atoms with van der Waals surface area (Å²) in [5, 5.41) is -0.642. The molecule has 0 amide bonds. The van der Waals surface area contributed by atoms with Crippen molar-refractivity contribution in [3.05, 3.63) is 0 Å². The van der Waals surface area contributed by atoms with E-state index in [2.05, 4.69) is 13.8 Å². The normalized spacial score (nSPS) is 24.0. The van der Waals surface area contributed by atoms with Crippen molar-refractivity contribution in [3.8, 4) is 0 Å². The van der Waals surface area contributed by atoms with E-state index < -0.39 is 22.6 Å². The SMILES string of the molecule is CCO[Si](OCC)C(C)(CC)C(=O)O[Si](C1CCCCC1)(C1CCCCC1)C1CCCC1. The number of hydrogen-bond acceptors (Lipinski definition) is 4. The van der Waals surface area contributed by atoms with Crippen molar-refractivity contribution < 1.29 is 18.1 Å². The third-order valence-corrected chi connectivity index (χ3v) is 17.6. The van der Waals surface area contributed by atoms with Gasteiger partial charge in [0.15, 0.2) is 0 Å². The van der Waals surface area contributed by atoms with Gasteiger partial charge in [-0.3, -0.25) is 4.79 Å². The Morgan fingerprint density at radius 1 is 0.750 bits per heavy atom. The second kappa shape index (κ2) is 12.5. The summed E-state index contributed by atoms with van der Waals surface area (Å²) in [5.41, 5.74) is 2.01. The van der Waals surface area contributed by atoms with Gasteiger partial charge in [0.2, 0.25) is 0 Å². The van der Waals surface area contributed by atoms with Gasteiger partial charge in [0.25, 0.3) is 14.3 Å². The lowest BCUT2D eigenvalue weighted by Crippen LogP contribution is -2.56. The van der Waals surface area contributed by atoms with Gasteiger partial charge in [-0.25, -0.2) is 0 Å². The number of hydrogen-bond donors (Lipinski definition) is 0. The Labute approximate surface area is 200 Å². The zero-order valence-electron chi connectivity index (χ0n) is 21.4. The molecule has 0 bridgehead atoms. The van der Waals surface area contributed by atoms with Crippen molar-refractivity contribution in [3.63, 3.8) is 0 Å². The zero-order chi connectivity index (χ0) is 23.0. The van der Waals surface area contributed by atoms with Crippen molar-refractivity contribution in [2.45, 2.75) is 146 Å². The fourth-order valence-corrected chi connectivity index (χ4v) is 15.8. The molecule has 0 spiro atoms. The van der Waals surface area contributed by atoms with Crippen molar-refractivity contribution in [2.24, 2.45) is 0 Å². The fraction of sp³-hybridized carbons (Fsp3) is 0.962. The summed E-state index contributed by atoms with van der Waals surface area (Å²) in [6.45, 7) is 9.38. The minimum absolute atomic E-state index is 0.0329. The largest absolute Gasteiger partial charge is 0.518 e. The third kappa shape index (κ3) is 5.55. The molecule has 1 unspecified atom stereocenters. The van der Waals surface area contributed by atoms with E-state index in [-0.39, 0.29) is 5.97 Å². The molecule has 3 aliphatic rings. The van der Waals surface area contributed by atoms with E-state index in [1.807, 2.05) is 13.8 Å². The molecule has 4 nitrogen and oxygen atoms in total. The van der Waals surface area contributed by atoms with Crippen LogP contribution < -0.4 is 0 Å². The van der Waals surface area contributed by atoms with Gasteiger partial charge in [-0.15, -0.1) is 0 Å². The molecule has 0 aliphatic heterocycles. The first-order valence-corrected chi connectivity index (χ1v) is 17.3. The molecule has 0 aromatic heterocycles. The predicted molar refractivity (Wildman–Crippen MR) is 135 cm³/mol. The molecule has 0 N–H and O–H groups in total. The molecule has 0 heterocycles. The second-order valence-electron chi connectivity index (χ2n) is 10.7. The van der Waals surface area contributed by atoms with Gasteiger partial charge in [0.05, 0.1) is 0 Å². The van der Waals surface area contributed by atoms with Crippen LogP contribution in [-0.4, -0.2) is 36.8 Å². The Kier molecular flexibility index (Phi) is 10.3. The Morgan fingerprint density at radius 2 is 1.12 bits per heavy atom.